The molecule has 0 aromatic carbocycles. The van der Waals surface area contributed by atoms with E-state index in [4.69, 9.17) is 22.9 Å². The van der Waals surface area contributed by atoms with Gasteiger partial charge in [-0.2, -0.15) is 0 Å². The summed E-state index contributed by atoms with van der Waals surface area (Å²) in [4.78, 5) is 33.8. The van der Waals surface area contributed by atoms with Crippen molar-refractivity contribution in [1.29, 1.82) is 0 Å². The van der Waals surface area contributed by atoms with Crippen LogP contribution in [0.1, 0.15) is 19.3 Å². The van der Waals surface area contributed by atoms with Gasteiger partial charge >= 0.3 is 0 Å². The van der Waals surface area contributed by atoms with E-state index in [0.29, 0.717) is 25.8 Å². The van der Waals surface area contributed by atoms with E-state index >= 15 is 0 Å². The van der Waals surface area contributed by atoms with Gasteiger partial charge in [-0.15, -0.1) is 0 Å². The quantitative estimate of drug-likeness (QED) is 0.217. The molecule has 2 atom stereocenters. The van der Waals surface area contributed by atoms with E-state index < -0.39 is 29.7 Å². The van der Waals surface area contributed by atoms with Crippen molar-refractivity contribution in [2.45, 2.75) is 31.3 Å². The molecule has 18 heavy (non-hydrogen) atoms. The summed E-state index contributed by atoms with van der Waals surface area (Å²) in [6, 6.07) is -2.28. The lowest BCUT2D eigenvalue weighted by atomic mass is 9.99. The summed E-state index contributed by atoms with van der Waals surface area (Å²) < 4.78 is 0. The van der Waals surface area contributed by atoms with E-state index in [1.54, 1.807) is 0 Å². The van der Waals surface area contributed by atoms with Gasteiger partial charge in [-0.25, -0.2) is 0 Å². The third kappa shape index (κ3) is 5.71. The van der Waals surface area contributed by atoms with Gasteiger partial charge in [-0.3, -0.25) is 14.4 Å². The third-order valence-electron chi connectivity index (χ3n) is 2.42. The molecule has 0 radical (unpaired) electrons. The lowest BCUT2D eigenvalue weighted by Crippen LogP contribution is -2.53. The van der Waals surface area contributed by atoms with E-state index in [1.807, 2.05) is 0 Å². The molecule has 104 valence electrons. The first-order chi connectivity index (χ1) is 8.43. The van der Waals surface area contributed by atoms with E-state index in [0.717, 1.165) is 0 Å². The smallest absolute Gasteiger partial charge is 0.242 e. The summed E-state index contributed by atoms with van der Waals surface area (Å²) >= 11 is 0. The second-order valence-corrected chi connectivity index (χ2v) is 3.89. The topological polar surface area (TPSA) is 167 Å². The first-order valence-electron chi connectivity index (χ1n) is 5.72. The SMILES string of the molecule is NCCCC[C@H](NC(=O)CN)C(=O)C(N)C(N)=O. The van der Waals surface area contributed by atoms with Crippen molar-refractivity contribution >= 4 is 17.6 Å². The lowest BCUT2D eigenvalue weighted by Gasteiger charge is -2.19. The Labute approximate surface area is 105 Å². The van der Waals surface area contributed by atoms with E-state index in [9.17, 15) is 14.4 Å². The average Bonchev–Trinajstić information content (AvgIpc) is 2.35. The summed E-state index contributed by atoms with van der Waals surface area (Å²) in [5.74, 6) is -2.02. The molecule has 0 saturated carbocycles. The number of ketones is 1. The monoisotopic (exact) mass is 259 g/mol. The van der Waals surface area contributed by atoms with Crippen LogP contribution in [0, 0.1) is 0 Å². The van der Waals surface area contributed by atoms with Crippen molar-refractivity contribution in [3.8, 4) is 0 Å². The van der Waals surface area contributed by atoms with Gasteiger partial charge in [0.1, 0.15) is 6.04 Å². The van der Waals surface area contributed by atoms with Crippen molar-refractivity contribution in [2.24, 2.45) is 22.9 Å². The molecule has 2 amide bonds. The molecule has 0 rings (SSSR count). The van der Waals surface area contributed by atoms with Gasteiger partial charge in [0.25, 0.3) is 0 Å². The Bertz CT molecular complexity index is 308. The number of unbranched alkanes of at least 4 members (excludes halogenated alkanes) is 1. The van der Waals surface area contributed by atoms with Gasteiger partial charge in [0.2, 0.25) is 11.8 Å². The molecule has 0 spiro atoms. The minimum Gasteiger partial charge on any atom is -0.368 e. The van der Waals surface area contributed by atoms with Crippen molar-refractivity contribution in [3.63, 3.8) is 0 Å². The second-order valence-electron chi connectivity index (χ2n) is 3.89. The standard InChI is InChI=1S/C10H21N5O3/c11-4-2-1-3-6(15-7(16)5-12)9(17)8(13)10(14)18/h6,8H,1-5,11-13H2,(H2,14,18)(H,15,16)/t6-,8?/m0/s1. The summed E-state index contributed by atoms with van der Waals surface area (Å²) in [5, 5.41) is 2.42. The molecule has 8 nitrogen and oxygen atoms in total. The summed E-state index contributed by atoms with van der Waals surface area (Å²) in [5.41, 5.74) is 20.8. The Morgan fingerprint density at radius 1 is 1.11 bits per heavy atom. The van der Waals surface area contributed by atoms with Gasteiger partial charge in [-0.1, -0.05) is 0 Å². The number of nitrogens with one attached hydrogen (secondary N) is 1. The number of carbonyl (C=O) groups is 3. The molecule has 0 bridgehead atoms. The van der Waals surface area contributed by atoms with Gasteiger partial charge < -0.3 is 28.3 Å². The zero-order valence-electron chi connectivity index (χ0n) is 10.2. The third-order valence-corrected chi connectivity index (χ3v) is 2.42. The summed E-state index contributed by atoms with van der Waals surface area (Å²) in [6.45, 7) is 0.236. The minimum atomic E-state index is -1.43. The highest BCUT2D eigenvalue weighted by Gasteiger charge is 2.28. The highest BCUT2D eigenvalue weighted by molar-refractivity contribution is 6.07. The van der Waals surface area contributed by atoms with Crippen LogP contribution >= 0.6 is 0 Å². The summed E-state index contributed by atoms with van der Waals surface area (Å²) in [7, 11) is 0. The predicted octanol–water partition coefficient (Wildman–Crippen LogP) is -3.06. The molecule has 0 aliphatic heterocycles. The molecule has 0 aliphatic rings. The van der Waals surface area contributed by atoms with Crippen molar-refractivity contribution in [3.05, 3.63) is 0 Å². The molecule has 0 aliphatic carbocycles. The Morgan fingerprint density at radius 2 is 1.72 bits per heavy atom. The molecule has 0 aromatic rings. The molecule has 0 heterocycles. The van der Waals surface area contributed by atoms with Crippen LogP contribution in [0.25, 0.3) is 0 Å². The average molecular weight is 259 g/mol. The Kier molecular flexibility index (Phi) is 7.84. The molecule has 0 saturated heterocycles. The fourth-order valence-corrected chi connectivity index (χ4v) is 1.39. The fraction of sp³-hybridized carbons (Fsp3) is 0.700. The van der Waals surface area contributed by atoms with Crippen LogP contribution in [-0.4, -0.2) is 42.8 Å². The number of amides is 2. The molecule has 0 aromatic heterocycles. The Morgan fingerprint density at radius 3 is 2.17 bits per heavy atom. The maximum atomic E-state index is 11.8. The highest BCUT2D eigenvalue weighted by atomic mass is 16.2. The fourth-order valence-electron chi connectivity index (χ4n) is 1.39. The zero-order chi connectivity index (χ0) is 14.1. The van der Waals surface area contributed by atoms with E-state index in [1.165, 1.54) is 0 Å². The minimum absolute atomic E-state index is 0.244. The van der Waals surface area contributed by atoms with Crippen LogP contribution < -0.4 is 28.3 Å². The van der Waals surface area contributed by atoms with Crippen LogP contribution in [-0.2, 0) is 14.4 Å². The van der Waals surface area contributed by atoms with E-state index in [2.05, 4.69) is 5.32 Å². The first kappa shape index (κ1) is 16.5. The normalized spacial score (nSPS) is 13.7. The maximum absolute atomic E-state index is 11.8. The maximum Gasteiger partial charge on any atom is 0.242 e. The number of nitrogens with two attached hydrogens (primary N) is 4. The van der Waals surface area contributed by atoms with E-state index in [-0.39, 0.29) is 6.54 Å². The van der Waals surface area contributed by atoms with Gasteiger partial charge in [0.05, 0.1) is 12.6 Å². The number of hydrogen-bond donors (Lipinski definition) is 5. The lowest BCUT2D eigenvalue weighted by molar-refractivity contribution is -0.132. The molecule has 1 unspecified atom stereocenters. The van der Waals surface area contributed by atoms with Crippen LogP contribution in [0.5, 0.6) is 0 Å². The summed E-state index contributed by atoms with van der Waals surface area (Å²) in [6.07, 6.45) is 1.68. The van der Waals surface area contributed by atoms with Crippen LogP contribution in [0.15, 0.2) is 0 Å². The molecule has 0 fully saturated rings. The number of carbonyl (C=O) groups excluding carboxylic acids is 3. The van der Waals surface area contributed by atoms with Crippen molar-refractivity contribution < 1.29 is 14.4 Å². The molecule has 9 N–H and O–H groups in total. The predicted molar refractivity (Wildman–Crippen MR) is 66.1 cm³/mol. The number of hydrogen-bond acceptors (Lipinski definition) is 6. The van der Waals surface area contributed by atoms with Crippen LogP contribution in [0.4, 0.5) is 0 Å². The zero-order valence-corrected chi connectivity index (χ0v) is 10.2. The van der Waals surface area contributed by atoms with Crippen LogP contribution in [0.2, 0.25) is 0 Å². The molecule has 8 heteroatoms. The Balaban J connectivity index is 4.57. The van der Waals surface area contributed by atoms with Gasteiger partial charge in [0.15, 0.2) is 5.78 Å². The van der Waals surface area contributed by atoms with Crippen molar-refractivity contribution in [1.82, 2.24) is 5.32 Å². The second kappa shape index (κ2) is 8.56. The van der Waals surface area contributed by atoms with Crippen molar-refractivity contribution in [2.75, 3.05) is 13.1 Å². The van der Waals surface area contributed by atoms with Crippen LogP contribution in [0.3, 0.4) is 0 Å². The van der Waals surface area contributed by atoms with Gasteiger partial charge in [-0.05, 0) is 25.8 Å². The number of rotatable bonds is 9. The molecular formula is C10H21N5O3. The van der Waals surface area contributed by atoms with Gasteiger partial charge in [0, 0.05) is 0 Å². The molecular weight excluding hydrogens is 238 g/mol. The highest BCUT2D eigenvalue weighted by Crippen LogP contribution is 2.03. The number of primary amides is 1. The number of Topliss-reactive ketones (excluding diaryl/α,β-unsaturated/α-hetero) is 1. The Hall–Kier alpha value is -1.51. The first-order valence-corrected chi connectivity index (χ1v) is 5.72. The largest absolute Gasteiger partial charge is 0.368 e.